The lowest BCUT2D eigenvalue weighted by Crippen LogP contribution is -2.50. The number of carbonyl (C=O) groups excluding carboxylic acids is 2. The second-order valence-electron chi connectivity index (χ2n) is 12.5. The van der Waals surface area contributed by atoms with Gasteiger partial charge in [0.15, 0.2) is 0 Å². The van der Waals surface area contributed by atoms with Crippen LogP contribution in [0.4, 0.5) is 13.2 Å². The number of aliphatic imine (C=N–C) groups is 1. The van der Waals surface area contributed by atoms with E-state index in [1.807, 2.05) is 6.92 Å². The summed E-state index contributed by atoms with van der Waals surface area (Å²) in [5, 5.41) is 2.62. The maximum Gasteiger partial charge on any atom is 0.416 e. The molecular weight excluding hydrogens is 661 g/mol. The summed E-state index contributed by atoms with van der Waals surface area (Å²) < 4.78 is 80.2. The van der Waals surface area contributed by atoms with Crippen molar-refractivity contribution in [3.8, 4) is 5.75 Å². The number of hydrogen-bond acceptors (Lipinski definition) is 7. The Hall–Kier alpha value is -4.01. The first-order chi connectivity index (χ1) is 23.2. The second-order valence-corrected chi connectivity index (χ2v) is 14.6. The second kappa shape index (κ2) is 14.9. The summed E-state index contributed by atoms with van der Waals surface area (Å²) in [6.07, 6.45) is 0.178. The molecule has 0 saturated carbocycles. The molecule has 2 saturated heterocycles. The Morgan fingerprint density at radius 2 is 1.88 bits per heavy atom. The molecule has 1 N–H and O–H groups in total. The normalized spacial score (nSPS) is 19.5. The van der Waals surface area contributed by atoms with Crippen LogP contribution in [0.1, 0.15) is 58.3 Å². The molecule has 264 valence electrons. The Bertz CT molecular complexity index is 1730. The van der Waals surface area contributed by atoms with E-state index in [-0.39, 0.29) is 73.9 Å². The largest absolute Gasteiger partial charge is 0.493 e. The minimum absolute atomic E-state index is 0.0102. The van der Waals surface area contributed by atoms with E-state index < -0.39 is 33.2 Å². The minimum Gasteiger partial charge on any atom is -0.493 e. The molecule has 2 amide bonds. The van der Waals surface area contributed by atoms with Crippen molar-refractivity contribution in [2.45, 2.75) is 56.8 Å². The van der Waals surface area contributed by atoms with Gasteiger partial charge in [0.2, 0.25) is 10.0 Å². The van der Waals surface area contributed by atoms with Crippen LogP contribution in [0.3, 0.4) is 0 Å². The molecule has 5 rings (SSSR count). The maximum atomic E-state index is 13.7. The number of amides is 2. The smallest absolute Gasteiger partial charge is 0.416 e. The van der Waals surface area contributed by atoms with Gasteiger partial charge in [-0.1, -0.05) is 18.2 Å². The van der Waals surface area contributed by atoms with Gasteiger partial charge in [0.1, 0.15) is 17.1 Å². The van der Waals surface area contributed by atoms with Crippen molar-refractivity contribution in [2.24, 2.45) is 4.99 Å². The third kappa shape index (κ3) is 8.42. The van der Waals surface area contributed by atoms with Gasteiger partial charge in [-0.3, -0.25) is 14.6 Å². The van der Waals surface area contributed by atoms with Crippen LogP contribution in [0, 0.1) is 6.92 Å². The molecule has 2 fully saturated rings. The molecule has 1 spiro atoms. The Morgan fingerprint density at radius 1 is 1.12 bits per heavy atom. The average molecular weight is 703 g/mol. The number of hydrogen-bond donors (Lipinski definition) is 1. The van der Waals surface area contributed by atoms with E-state index in [1.54, 1.807) is 35.3 Å². The molecule has 2 aromatic rings. The molecule has 1 atom stereocenters. The quantitative estimate of drug-likeness (QED) is 0.240. The third-order valence-corrected chi connectivity index (χ3v) is 11.0. The SMILES string of the molecule is C=CCCOc1cc(C2=NC3(CCN(S(=O)(=O)CCc4ccc(C(=O)N5CC[C@@H](OCC=C)C5)cc4C)CC3)C(=O)N2)cc(C(F)(F)F)c1. The van der Waals surface area contributed by atoms with Gasteiger partial charge in [-0.15, -0.1) is 13.2 Å². The highest BCUT2D eigenvalue weighted by Crippen LogP contribution is 2.36. The molecule has 14 heteroatoms. The zero-order chi connectivity index (χ0) is 35.4. The lowest BCUT2D eigenvalue weighted by Gasteiger charge is -2.34. The topological polar surface area (TPSA) is 118 Å². The number of ether oxygens (including phenoxy) is 2. The van der Waals surface area contributed by atoms with Gasteiger partial charge in [0.25, 0.3) is 11.8 Å². The number of piperidine rings is 1. The number of amidine groups is 1. The number of nitrogens with zero attached hydrogens (tertiary/aromatic N) is 3. The Balaban J connectivity index is 1.20. The van der Waals surface area contributed by atoms with Crippen LogP contribution in [0.15, 0.2) is 66.7 Å². The summed E-state index contributed by atoms with van der Waals surface area (Å²) in [4.78, 5) is 32.5. The lowest BCUT2D eigenvalue weighted by molar-refractivity contribution is -0.137. The lowest BCUT2D eigenvalue weighted by atomic mass is 9.89. The molecule has 49 heavy (non-hydrogen) atoms. The van der Waals surface area contributed by atoms with E-state index in [9.17, 15) is 31.2 Å². The highest BCUT2D eigenvalue weighted by Gasteiger charge is 2.48. The van der Waals surface area contributed by atoms with Crippen molar-refractivity contribution in [3.63, 3.8) is 0 Å². The van der Waals surface area contributed by atoms with E-state index in [2.05, 4.69) is 23.5 Å². The van der Waals surface area contributed by atoms with Gasteiger partial charge in [-0.05, 0) is 80.5 Å². The molecule has 3 heterocycles. The molecule has 3 aliphatic rings. The average Bonchev–Trinajstić information content (AvgIpc) is 3.67. The van der Waals surface area contributed by atoms with Crippen molar-refractivity contribution in [1.29, 1.82) is 0 Å². The van der Waals surface area contributed by atoms with Crippen molar-refractivity contribution in [1.82, 2.24) is 14.5 Å². The highest BCUT2D eigenvalue weighted by molar-refractivity contribution is 7.89. The van der Waals surface area contributed by atoms with E-state index in [0.717, 1.165) is 29.7 Å². The summed E-state index contributed by atoms with van der Waals surface area (Å²) in [6.45, 7) is 10.8. The molecule has 0 aliphatic carbocycles. The standard InChI is InChI=1S/C35H41F3N4O6S/c1-4-6-17-48-30-21-27(20-28(22-30)35(36,37)38)31-39-33(44)34(40-31)11-14-42(15-12-34)49(45,46)18-10-25-7-8-26(19-24(25)3)32(43)41-13-9-29(23-41)47-16-5-2/h4-5,7-8,19-22,29H,1-2,6,9-18,23H2,3H3,(H,39,40,44)/t29-/m1/s1. The Kier molecular flexibility index (Phi) is 11.0. The number of carbonyl (C=O) groups is 2. The molecule has 0 aromatic heterocycles. The van der Waals surface area contributed by atoms with Crippen LogP contribution in [0.2, 0.25) is 0 Å². The van der Waals surface area contributed by atoms with Gasteiger partial charge >= 0.3 is 6.18 Å². The fraction of sp³-hybridized carbons (Fsp3) is 0.457. The summed E-state index contributed by atoms with van der Waals surface area (Å²) in [5.41, 5.74) is -0.0270. The number of rotatable bonds is 13. The monoisotopic (exact) mass is 702 g/mol. The van der Waals surface area contributed by atoms with Crippen LogP contribution in [0.25, 0.3) is 0 Å². The van der Waals surface area contributed by atoms with Gasteiger partial charge in [0, 0.05) is 37.3 Å². The molecule has 10 nitrogen and oxygen atoms in total. The minimum atomic E-state index is -4.65. The molecule has 0 bridgehead atoms. The Labute approximate surface area is 284 Å². The zero-order valence-corrected chi connectivity index (χ0v) is 28.2. The van der Waals surface area contributed by atoms with Gasteiger partial charge in [-0.25, -0.2) is 12.7 Å². The van der Waals surface area contributed by atoms with Crippen molar-refractivity contribution in [3.05, 3.63) is 89.5 Å². The van der Waals surface area contributed by atoms with E-state index in [1.165, 1.54) is 10.4 Å². The number of halogens is 3. The number of sulfonamides is 1. The van der Waals surface area contributed by atoms with Gasteiger partial charge < -0.3 is 19.7 Å². The van der Waals surface area contributed by atoms with Crippen LogP contribution in [0.5, 0.6) is 5.75 Å². The van der Waals surface area contributed by atoms with E-state index in [4.69, 9.17) is 9.47 Å². The molecule has 2 aromatic carbocycles. The third-order valence-electron chi connectivity index (χ3n) is 9.12. The number of aryl methyl sites for hydroxylation is 2. The summed E-state index contributed by atoms with van der Waals surface area (Å²) in [5.74, 6) is -0.769. The van der Waals surface area contributed by atoms with E-state index >= 15 is 0 Å². The number of nitrogens with one attached hydrogen (secondary N) is 1. The van der Waals surface area contributed by atoms with Gasteiger partial charge in [0.05, 0.1) is 30.6 Å². The van der Waals surface area contributed by atoms with Crippen molar-refractivity contribution in [2.75, 3.05) is 45.1 Å². The Morgan fingerprint density at radius 3 is 2.55 bits per heavy atom. The van der Waals surface area contributed by atoms with E-state index in [0.29, 0.717) is 31.7 Å². The first-order valence-electron chi connectivity index (χ1n) is 16.2. The molecule has 0 radical (unpaired) electrons. The number of alkyl halides is 3. The van der Waals surface area contributed by atoms with Crippen LogP contribution in [-0.2, 0) is 32.2 Å². The molecular formula is C35H41F3N4O6S. The first kappa shape index (κ1) is 36.3. The summed E-state index contributed by atoms with van der Waals surface area (Å²) >= 11 is 0. The van der Waals surface area contributed by atoms with Crippen molar-refractivity contribution >= 4 is 27.7 Å². The molecule has 0 unspecified atom stereocenters. The number of benzene rings is 2. The molecule has 3 aliphatic heterocycles. The fourth-order valence-electron chi connectivity index (χ4n) is 6.28. The van der Waals surface area contributed by atoms with Crippen LogP contribution in [-0.4, -0.2) is 92.1 Å². The predicted molar refractivity (Wildman–Crippen MR) is 179 cm³/mol. The van der Waals surface area contributed by atoms with Crippen molar-refractivity contribution < 1.29 is 40.7 Å². The first-order valence-corrected chi connectivity index (χ1v) is 17.8. The number of likely N-dealkylation sites (tertiary alicyclic amines) is 1. The fourth-order valence-corrected chi connectivity index (χ4v) is 7.76. The maximum absolute atomic E-state index is 13.7. The predicted octanol–water partition coefficient (Wildman–Crippen LogP) is 4.67. The van der Waals surface area contributed by atoms with Crippen LogP contribution >= 0.6 is 0 Å². The summed E-state index contributed by atoms with van der Waals surface area (Å²) in [7, 11) is -3.71. The van der Waals surface area contributed by atoms with Gasteiger partial charge in [-0.2, -0.15) is 13.2 Å². The zero-order valence-electron chi connectivity index (χ0n) is 27.4. The highest BCUT2D eigenvalue weighted by atomic mass is 32.2. The van der Waals surface area contributed by atoms with Crippen LogP contribution < -0.4 is 10.1 Å². The summed E-state index contributed by atoms with van der Waals surface area (Å²) in [6, 6.07) is 8.47.